The van der Waals surface area contributed by atoms with Crippen LogP contribution < -0.4 is 10.5 Å². The highest BCUT2D eigenvalue weighted by Gasteiger charge is 2.04. The lowest BCUT2D eigenvalue weighted by molar-refractivity contribution is 0.484. The monoisotopic (exact) mass is 251 g/mol. The maximum atomic E-state index is 5.85. The highest BCUT2D eigenvalue weighted by molar-refractivity contribution is 5.84. The average Bonchev–Trinajstić information content (AvgIpc) is 2.48. The van der Waals surface area contributed by atoms with Crippen LogP contribution >= 0.6 is 0 Å². The quantitative estimate of drug-likeness (QED) is 0.777. The van der Waals surface area contributed by atoms with Gasteiger partial charge in [0.25, 0.3) is 0 Å². The van der Waals surface area contributed by atoms with E-state index in [1.54, 1.807) is 6.20 Å². The molecular weight excluding hydrogens is 238 g/mol. The number of rotatable bonds is 3. The fourth-order valence-electron chi connectivity index (χ4n) is 1.88. The highest BCUT2D eigenvalue weighted by atomic mass is 16.5. The van der Waals surface area contributed by atoms with E-state index in [1.807, 2.05) is 48.5 Å². The molecule has 2 N–H and O–H groups in total. The maximum absolute atomic E-state index is 5.85. The number of ether oxygens (including phenoxy) is 1. The van der Waals surface area contributed by atoms with Crippen molar-refractivity contribution in [3.8, 4) is 11.5 Å². The normalized spacial score (nSPS) is 10.6. The highest BCUT2D eigenvalue weighted by Crippen LogP contribution is 2.27. The molecule has 0 spiro atoms. The lowest BCUT2D eigenvalue weighted by atomic mass is 10.2. The van der Waals surface area contributed by atoms with Crippen LogP contribution in [0.25, 0.3) is 10.9 Å². The number of hydrogen-bond acceptors (Lipinski definition) is 4. The van der Waals surface area contributed by atoms with Crippen LogP contribution in [-0.4, -0.2) is 10.2 Å². The van der Waals surface area contributed by atoms with Crippen molar-refractivity contribution in [1.29, 1.82) is 0 Å². The maximum Gasteiger partial charge on any atom is 0.156 e. The second kappa shape index (κ2) is 5.04. The van der Waals surface area contributed by atoms with Crippen molar-refractivity contribution >= 4 is 10.9 Å². The average molecular weight is 251 g/mol. The van der Waals surface area contributed by atoms with Gasteiger partial charge in [-0.25, -0.2) is 0 Å². The standard InChI is InChI=1S/C15H13N3O/c16-9-11-5-7-12(8-6-11)19-15-10-17-18-14-4-2-1-3-13(14)15/h1-8,10H,9,16H2. The number of fused-ring (bicyclic) bond motifs is 1. The zero-order valence-electron chi connectivity index (χ0n) is 10.3. The summed E-state index contributed by atoms with van der Waals surface area (Å²) in [5.74, 6) is 1.46. The molecule has 0 fully saturated rings. The zero-order chi connectivity index (χ0) is 13.1. The van der Waals surface area contributed by atoms with Gasteiger partial charge in [-0.2, -0.15) is 10.2 Å². The van der Waals surface area contributed by atoms with Gasteiger partial charge in [0, 0.05) is 11.9 Å². The molecule has 0 aliphatic carbocycles. The van der Waals surface area contributed by atoms with E-state index in [0.717, 1.165) is 22.2 Å². The van der Waals surface area contributed by atoms with Gasteiger partial charge < -0.3 is 10.5 Å². The predicted molar refractivity (Wildman–Crippen MR) is 73.9 cm³/mol. The van der Waals surface area contributed by atoms with Gasteiger partial charge in [0.1, 0.15) is 5.75 Å². The molecular formula is C15H13N3O. The fraction of sp³-hybridized carbons (Fsp3) is 0.0667. The van der Waals surface area contributed by atoms with Crippen molar-refractivity contribution in [1.82, 2.24) is 10.2 Å². The van der Waals surface area contributed by atoms with Gasteiger partial charge in [-0.1, -0.05) is 24.3 Å². The van der Waals surface area contributed by atoms with E-state index >= 15 is 0 Å². The molecule has 19 heavy (non-hydrogen) atoms. The van der Waals surface area contributed by atoms with E-state index in [1.165, 1.54) is 0 Å². The summed E-state index contributed by atoms with van der Waals surface area (Å²) in [5, 5.41) is 8.96. The van der Waals surface area contributed by atoms with E-state index in [2.05, 4.69) is 10.2 Å². The van der Waals surface area contributed by atoms with Crippen LogP contribution in [0.1, 0.15) is 5.56 Å². The number of hydrogen-bond donors (Lipinski definition) is 1. The lowest BCUT2D eigenvalue weighted by Crippen LogP contribution is -1.95. The molecule has 0 saturated carbocycles. The van der Waals surface area contributed by atoms with Crippen LogP contribution in [0.5, 0.6) is 11.5 Å². The molecule has 0 radical (unpaired) electrons. The van der Waals surface area contributed by atoms with Gasteiger partial charge >= 0.3 is 0 Å². The first kappa shape index (κ1) is 11.6. The Morgan fingerprint density at radius 1 is 1.00 bits per heavy atom. The number of nitrogens with zero attached hydrogens (tertiary/aromatic N) is 2. The Kier molecular flexibility index (Phi) is 3.08. The second-order valence-electron chi connectivity index (χ2n) is 4.18. The summed E-state index contributed by atoms with van der Waals surface area (Å²) in [6.07, 6.45) is 1.62. The Bertz CT molecular complexity index is 690. The topological polar surface area (TPSA) is 61.0 Å². The smallest absolute Gasteiger partial charge is 0.156 e. The van der Waals surface area contributed by atoms with Crippen molar-refractivity contribution < 1.29 is 4.74 Å². The molecule has 4 nitrogen and oxygen atoms in total. The van der Waals surface area contributed by atoms with Crippen molar-refractivity contribution in [2.75, 3.05) is 0 Å². The van der Waals surface area contributed by atoms with E-state index in [-0.39, 0.29) is 0 Å². The van der Waals surface area contributed by atoms with Crippen LogP contribution in [0.3, 0.4) is 0 Å². The van der Waals surface area contributed by atoms with Crippen LogP contribution in [-0.2, 0) is 6.54 Å². The van der Waals surface area contributed by atoms with Gasteiger partial charge in [0.15, 0.2) is 5.75 Å². The minimum absolute atomic E-state index is 0.528. The van der Waals surface area contributed by atoms with E-state index in [0.29, 0.717) is 12.3 Å². The third kappa shape index (κ3) is 2.39. The predicted octanol–water partition coefficient (Wildman–Crippen LogP) is 2.88. The molecule has 4 heteroatoms. The van der Waals surface area contributed by atoms with E-state index in [4.69, 9.17) is 10.5 Å². The molecule has 0 aliphatic rings. The summed E-state index contributed by atoms with van der Waals surface area (Å²) < 4.78 is 5.85. The van der Waals surface area contributed by atoms with Crippen LogP contribution in [0, 0.1) is 0 Å². The Hall–Kier alpha value is -2.46. The van der Waals surface area contributed by atoms with Gasteiger partial charge in [-0.3, -0.25) is 0 Å². The summed E-state index contributed by atoms with van der Waals surface area (Å²) in [4.78, 5) is 0. The summed E-state index contributed by atoms with van der Waals surface area (Å²) >= 11 is 0. The molecule has 0 saturated heterocycles. The molecule has 0 atom stereocenters. The number of benzene rings is 2. The number of nitrogens with two attached hydrogens (primary N) is 1. The third-order valence-electron chi connectivity index (χ3n) is 2.90. The summed E-state index contributed by atoms with van der Waals surface area (Å²) in [6, 6.07) is 15.5. The van der Waals surface area contributed by atoms with Crippen molar-refractivity contribution in [3.63, 3.8) is 0 Å². The molecule has 2 aromatic carbocycles. The molecule has 0 amide bonds. The van der Waals surface area contributed by atoms with E-state index < -0.39 is 0 Å². The van der Waals surface area contributed by atoms with Crippen LogP contribution in [0.15, 0.2) is 54.7 Å². The molecule has 3 aromatic rings. The summed E-state index contributed by atoms with van der Waals surface area (Å²) in [5.41, 5.74) is 7.46. The molecule has 1 aromatic heterocycles. The molecule has 0 bridgehead atoms. The molecule has 1 heterocycles. The van der Waals surface area contributed by atoms with Gasteiger partial charge in [0.2, 0.25) is 0 Å². The molecule has 0 aliphatic heterocycles. The lowest BCUT2D eigenvalue weighted by Gasteiger charge is -2.08. The molecule has 94 valence electrons. The van der Waals surface area contributed by atoms with E-state index in [9.17, 15) is 0 Å². The van der Waals surface area contributed by atoms with Gasteiger partial charge in [-0.15, -0.1) is 0 Å². The zero-order valence-corrected chi connectivity index (χ0v) is 10.3. The first-order valence-electron chi connectivity index (χ1n) is 6.04. The van der Waals surface area contributed by atoms with Crippen molar-refractivity contribution in [2.24, 2.45) is 5.73 Å². The third-order valence-corrected chi connectivity index (χ3v) is 2.90. The Balaban J connectivity index is 1.96. The minimum Gasteiger partial charge on any atom is -0.455 e. The van der Waals surface area contributed by atoms with Gasteiger partial charge in [0.05, 0.1) is 11.7 Å². The first-order chi connectivity index (χ1) is 9.36. The molecule has 0 unspecified atom stereocenters. The van der Waals surface area contributed by atoms with Crippen LogP contribution in [0.2, 0.25) is 0 Å². The minimum atomic E-state index is 0.528. The number of aromatic nitrogens is 2. The second-order valence-corrected chi connectivity index (χ2v) is 4.18. The van der Waals surface area contributed by atoms with Gasteiger partial charge in [-0.05, 0) is 29.8 Å². The summed E-state index contributed by atoms with van der Waals surface area (Å²) in [6.45, 7) is 0.528. The summed E-state index contributed by atoms with van der Waals surface area (Å²) in [7, 11) is 0. The first-order valence-corrected chi connectivity index (χ1v) is 6.04. The SMILES string of the molecule is NCc1ccc(Oc2cnnc3ccccc23)cc1. The largest absolute Gasteiger partial charge is 0.455 e. The fourth-order valence-corrected chi connectivity index (χ4v) is 1.88. The Morgan fingerprint density at radius 3 is 2.58 bits per heavy atom. The Labute approximate surface area is 110 Å². The van der Waals surface area contributed by atoms with Crippen molar-refractivity contribution in [3.05, 3.63) is 60.3 Å². The van der Waals surface area contributed by atoms with Crippen molar-refractivity contribution in [2.45, 2.75) is 6.54 Å². The van der Waals surface area contributed by atoms with Crippen LogP contribution in [0.4, 0.5) is 0 Å². The molecule has 3 rings (SSSR count). The Morgan fingerprint density at radius 2 is 1.79 bits per heavy atom.